The topological polar surface area (TPSA) is 82.6 Å². The van der Waals surface area contributed by atoms with E-state index in [9.17, 15) is 14.7 Å². The third-order valence-corrected chi connectivity index (χ3v) is 8.46. The number of nitrogens with one attached hydrogen (secondary N) is 1. The maximum absolute atomic E-state index is 13.1. The number of benzene rings is 2. The summed E-state index contributed by atoms with van der Waals surface area (Å²) in [5, 5.41) is 11.9. The summed E-state index contributed by atoms with van der Waals surface area (Å²) in [6.45, 7) is 6.02. The molecule has 1 aromatic heterocycles. The average Bonchev–Trinajstić information content (AvgIpc) is 3.42. The van der Waals surface area contributed by atoms with Crippen molar-refractivity contribution in [1.82, 2.24) is 9.88 Å². The number of hydrogen-bond acceptors (Lipinski definition) is 3. The number of aromatic nitrogens is 1. The van der Waals surface area contributed by atoms with E-state index in [1.165, 1.54) is 5.56 Å². The summed E-state index contributed by atoms with van der Waals surface area (Å²) in [5.74, 6) is -1.31. The smallest absolute Gasteiger partial charge is 0.414 e. The normalized spacial score (nSPS) is 29.5. The van der Waals surface area contributed by atoms with E-state index in [1.54, 1.807) is 4.90 Å². The van der Waals surface area contributed by atoms with Crippen LogP contribution in [0, 0.1) is 18.3 Å². The summed E-state index contributed by atoms with van der Waals surface area (Å²) in [4.78, 5) is 31.0. The fraction of sp³-hybridized carbons (Fsp3) is 0.333. The number of rotatable bonds is 3. The molecule has 1 aliphatic heterocycles. The molecule has 1 saturated carbocycles. The molecule has 4 unspecified atom stereocenters. The highest BCUT2D eigenvalue weighted by molar-refractivity contribution is 5.91. The summed E-state index contributed by atoms with van der Waals surface area (Å²) in [7, 11) is 0. The number of H-pyrrole nitrogens is 1. The van der Waals surface area contributed by atoms with Crippen molar-refractivity contribution < 1.29 is 19.4 Å². The number of aryl methyl sites for hydroxylation is 1. The minimum absolute atomic E-state index is 0.132. The molecule has 4 atom stereocenters. The predicted molar refractivity (Wildman–Crippen MR) is 124 cm³/mol. The summed E-state index contributed by atoms with van der Waals surface area (Å²) in [6, 6.07) is 16.7. The molecule has 0 spiro atoms. The van der Waals surface area contributed by atoms with E-state index < -0.39 is 22.9 Å². The Morgan fingerprint density at radius 2 is 1.97 bits per heavy atom. The van der Waals surface area contributed by atoms with Crippen LogP contribution >= 0.6 is 0 Å². The van der Waals surface area contributed by atoms with Gasteiger partial charge in [0, 0.05) is 46.9 Å². The van der Waals surface area contributed by atoms with Gasteiger partial charge in [-0.15, -0.1) is 0 Å². The van der Waals surface area contributed by atoms with Crippen LogP contribution < -0.4 is 0 Å². The van der Waals surface area contributed by atoms with Gasteiger partial charge in [-0.2, -0.15) is 0 Å². The zero-order valence-corrected chi connectivity index (χ0v) is 18.5. The van der Waals surface area contributed by atoms with Gasteiger partial charge in [-0.1, -0.05) is 54.6 Å². The molecule has 2 heterocycles. The first-order valence-corrected chi connectivity index (χ1v) is 11.4. The lowest BCUT2D eigenvalue weighted by molar-refractivity contribution is -0.157. The van der Waals surface area contributed by atoms with Gasteiger partial charge in [-0.05, 0) is 37.0 Å². The molecule has 2 aromatic carbocycles. The average molecular weight is 443 g/mol. The van der Waals surface area contributed by atoms with Crippen LogP contribution in [0.5, 0.6) is 0 Å². The van der Waals surface area contributed by atoms with Crippen LogP contribution in [-0.4, -0.2) is 40.1 Å². The number of hydrogen-bond donors (Lipinski definition) is 2. The molecule has 6 heteroatoms. The van der Waals surface area contributed by atoms with E-state index in [0.717, 1.165) is 46.8 Å². The Kier molecular flexibility index (Phi) is 4.10. The number of nitrogens with zero attached hydrogens (tertiary/aromatic N) is 1. The van der Waals surface area contributed by atoms with Gasteiger partial charge in [0.2, 0.25) is 0 Å². The summed E-state index contributed by atoms with van der Waals surface area (Å²) in [6.07, 6.45) is 2.17. The molecule has 3 aliphatic carbocycles. The van der Waals surface area contributed by atoms with Crippen LogP contribution in [-0.2, 0) is 14.9 Å². The number of carboxylic acid groups (broad SMARTS) is 1. The standard InChI is InChI=1S/C27H26N2O4/c1-3-33-25(32)29-14-21-26(17-10-8-16(2)9-11-17)13-12-19(27(21,15-29)24(30)31)23-22(26)18-6-4-5-7-20(18)28-23/h3-11,19,21,28H,1,12-15H2,2H3,(H,30,31). The number of amides is 1. The van der Waals surface area contributed by atoms with Crippen molar-refractivity contribution in [1.29, 1.82) is 0 Å². The van der Waals surface area contributed by atoms with Gasteiger partial charge in [0.1, 0.15) is 0 Å². The molecule has 6 nitrogen and oxygen atoms in total. The van der Waals surface area contributed by atoms with E-state index in [-0.39, 0.29) is 18.4 Å². The van der Waals surface area contributed by atoms with Crippen molar-refractivity contribution in [3.8, 4) is 0 Å². The van der Waals surface area contributed by atoms with Crippen LogP contribution in [0.2, 0.25) is 0 Å². The van der Waals surface area contributed by atoms with Gasteiger partial charge < -0.3 is 19.7 Å². The Morgan fingerprint density at radius 3 is 2.70 bits per heavy atom. The molecule has 4 aliphatic rings. The van der Waals surface area contributed by atoms with E-state index >= 15 is 0 Å². The first-order chi connectivity index (χ1) is 15.9. The number of aliphatic carboxylic acids is 1. The van der Waals surface area contributed by atoms with Crippen molar-refractivity contribution >= 4 is 23.0 Å². The van der Waals surface area contributed by atoms with Gasteiger partial charge in [0.25, 0.3) is 0 Å². The Balaban J connectivity index is 1.67. The maximum atomic E-state index is 13.1. The van der Waals surface area contributed by atoms with Crippen LogP contribution in [0.3, 0.4) is 0 Å². The van der Waals surface area contributed by atoms with Crippen molar-refractivity contribution in [3.63, 3.8) is 0 Å². The molecule has 3 aromatic rings. The third-order valence-electron chi connectivity index (χ3n) is 8.46. The number of para-hydroxylation sites is 1. The number of likely N-dealkylation sites (tertiary alicyclic amines) is 1. The highest BCUT2D eigenvalue weighted by atomic mass is 16.5. The lowest BCUT2D eigenvalue weighted by Crippen LogP contribution is -2.60. The van der Waals surface area contributed by atoms with Gasteiger partial charge in [-0.25, -0.2) is 4.79 Å². The number of carbonyl (C=O) groups is 2. The third kappa shape index (κ3) is 2.38. The van der Waals surface area contributed by atoms with E-state index in [0.29, 0.717) is 6.54 Å². The molecular weight excluding hydrogens is 416 g/mol. The first kappa shape index (κ1) is 20.1. The highest BCUT2D eigenvalue weighted by Crippen LogP contribution is 2.69. The molecular formula is C27H26N2O4. The van der Waals surface area contributed by atoms with Crippen LogP contribution in [0.1, 0.15) is 41.1 Å². The molecule has 168 valence electrons. The molecule has 0 radical (unpaired) electrons. The second-order valence-electron chi connectivity index (χ2n) is 9.72. The number of carboxylic acids is 1. The summed E-state index contributed by atoms with van der Waals surface area (Å²) >= 11 is 0. The minimum atomic E-state index is -1.09. The van der Waals surface area contributed by atoms with Crippen molar-refractivity contribution in [2.75, 3.05) is 13.1 Å². The van der Waals surface area contributed by atoms with Crippen LogP contribution in [0.4, 0.5) is 4.79 Å². The van der Waals surface area contributed by atoms with E-state index in [2.05, 4.69) is 54.9 Å². The van der Waals surface area contributed by atoms with Gasteiger partial charge in [-0.3, -0.25) is 4.79 Å². The zero-order valence-electron chi connectivity index (χ0n) is 18.5. The SMILES string of the molecule is C=COC(=O)N1CC2C3(c4ccc(C)cc4)CCC(c4[nH]c5ccccc5c43)C2(C(=O)O)C1. The van der Waals surface area contributed by atoms with Crippen LogP contribution in [0.25, 0.3) is 10.9 Å². The van der Waals surface area contributed by atoms with Crippen molar-refractivity contribution in [2.45, 2.75) is 31.1 Å². The second kappa shape index (κ2) is 6.73. The Morgan fingerprint density at radius 1 is 1.21 bits per heavy atom. The zero-order chi connectivity index (χ0) is 23.0. The second-order valence-corrected chi connectivity index (χ2v) is 9.72. The molecule has 1 amide bonds. The number of fused-ring (bicyclic) bond motifs is 2. The van der Waals surface area contributed by atoms with Gasteiger partial charge in [0.15, 0.2) is 0 Å². The van der Waals surface area contributed by atoms with Gasteiger partial charge >= 0.3 is 12.1 Å². The largest absolute Gasteiger partial charge is 0.481 e. The van der Waals surface area contributed by atoms with Crippen molar-refractivity contribution in [3.05, 3.63) is 83.8 Å². The van der Waals surface area contributed by atoms with E-state index in [1.807, 2.05) is 12.1 Å². The predicted octanol–water partition coefficient (Wildman–Crippen LogP) is 4.94. The molecule has 2 fully saturated rings. The number of ether oxygens (including phenoxy) is 1. The Hall–Kier alpha value is -3.54. The molecule has 7 rings (SSSR count). The quantitative estimate of drug-likeness (QED) is 0.563. The first-order valence-electron chi connectivity index (χ1n) is 11.4. The molecule has 33 heavy (non-hydrogen) atoms. The van der Waals surface area contributed by atoms with E-state index in [4.69, 9.17) is 4.74 Å². The monoisotopic (exact) mass is 442 g/mol. The maximum Gasteiger partial charge on any atom is 0.414 e. The molecule has 1 saturated heterocycles. The van der Waals surface area contributed by atoms with Crippen molar-refractivity contribution in [2.24, 2.45) is 11.3 Å². The number of carbonyl (C=O) groups excluding carboxylic acids is 1. The van der Waals surface area contributed by atoms with Crippen LogP contribution in [0.15, 0.2) is 61.4 Å². The highest BCUT2D eigenvalue weighted by Gasteiger charge is 2.72. The Bertz CT molecular complexity index is 1310. The lowest BCUT2D eigenvalue weighted by Gasteiger charge is -2.58. The summed E-state index contributed by atoms with van der Waals surface area (Å²) in [5.41, 5.74) is 3.93. The fourth-order valence-corrected chi connectivity index (χ4v) is 7.22. The lowest BCUT2D eigenvalue weighted by atomic mass is 9.43. The molecule has 2 N–H and O–H groups in total. The van der Waals surface area contributed by atoms with Gasteiger partial charge in [0.05, 0.1) is 11.7 Å². The summed E-state index contributed by atoms with van der Waals surface area (Å²) < 4.78 is 5.08. The minimum Gasteiger partial charge on any atom is -0.481 e. The Labute approximate surface area is 191 Å². The fourth-order valence-electron chi connectivity index (χ4n) is 7.22. The molecule has 2 bridgehead atoms. The number of aromatic amines is 1.